The van der Waals surface area contributed by atoms with Gasteiger partial charge in [0.1, 0.15) is 11.5 Å². The lowest BCUT2D eigenvalue weighted by Gasteiger charge is -2.36. The van der Waals surface area contributed by atoms with E-state index >= 15 is 0 Å². The Hall–Kier alpha value is -4.11. The first kappa shape index (κ1) is 26.9. The van der Waals surface area contributed by atoms with E-state index in [4.69, 9.17) is 21.1 Å². The number of amides is 4. The Bertz CT molecular complexity index is 1280. The summed E-state index contributed by atoms with van der Waals surface area (Å²) in [5.41, 5.74) is 3.89. The summed E-state index contributed by atoms with van der Waals surface area (Å²) in [6.07, 6.45) is 0. The van der Waals surface area contributed by atoms with Gasteiger partial charge in [-0.05, 0) is 80.1 Å². The quantitative estimate of drug-likeness (QED) is 0.341. The van der Waals surface area contributed by atoms with Crippen LogP contribution in [0.3, 0.4) is 0 Å². The first-order chi connectivity index (χ1) is 18.4. The van der Waals surface area contributed by atoms with Crippen LogP contribution in [0.15, 0.2) is 60.7 Å². The van der Waals surface area contributed by atoms with E-state index in [0.29, 0.717) is 54.9 Å². The minimum absolute atomic E-state index is 0.115. The largest absolute Gasteiger partial charge is 0.497 e. The lowest BCUT2D eigenvalue weighted by Crippen LogP contribution is -2.50. The first-order valence-electron chi connectivity index (χ1n) is 12.4. The lowest BCUT2D eigenvalue weighted by atomic mass is 10.2. The van der Waals surface area contributed by atoms with Gasteiger partial charge in [-0.1, -0.05) is 11.6 Å². The van der Waals surface area contributed by atoms with Crippen LogP contribution in [0.4, 0.5) is 32.3 Å². The third kappa shape index (κ3) is 6.80. The number of nitrogens with one attached hydrogen (secondary N) is 3. The van der Waals surface area contributed by atoms with Crippen molar-refractivity contribution in [2.45, 2.75) is 13.8 Å². The molecule has 0 radical (unpaired) electrons. The van der Waals surface area contributed by atoms with Crippen molar-refractivity contribution in [1.29, 1.82) is 0 Å². The second-order valence-electron chi connectivity index (χ2n) is 8.78. The van der Waals surface area contributed by atoms with Crippen LogP contribution in [0.1, 0.15) is 12.5 Å². The van der Waals surface area contributed by atoms with Crippen molar-refractivity contribution in [3.05, 3.63) is 71.2 Å². The van der Waals surface area contributed by atoms with Crippen LogP contribution < -0.4 is 30.3 Å². The number of nitrogens with zero attached hydrogens (tertiary/aromatic N) is 2. The Balaban J connectivity index is 1.28. The summed E-state index contributed by atoms with van der Waals surface area (Å²) >= 11 is 6.07. The normalized spacial score (nSPS) is 13.1. The Morgan fingerprint density at radius 3 is 2.29 bits per heavy atom. The van der Waals surface area contributed by atoms with Crippen LogP contribution >= 0.6 is 11.6 Å². The van der Waals surface area contributed by atoms with Gasteiger partial charge in [0.15, 0.2) is 0 Å². The van der Waals surface area contributed by atoms with Crippen LogP contribution in [-0.4, -0.2) is 56.9 Å². The minimum atomic E-state index is -0.396. The number of methoxy groups -OCH3 is 1. The zero-order valence-electron chi connectivity index (χ0n) is 21.7. The van der Waals surface area contributed by atoms with E-state index in [9.17, 15) is 9.59 Å². The van der Waals surface area contributed by atoms with Crippen molar-refractivity contribution >= 4 is 46.4 Å². The summed E-state index contributed by atoms with van der Waals surface area (Å²) in [6.45, 7) is 6.90. The van der Waals surface area contributed by atoms with E-state index in [-0.39, 0.29) is 6.03 Å². The molecule has 10 heteroatoms. The fourth-order valence-corrected chi connectivity index (χ4v) is 4.36. The van der Waals surface area contributed by atoms with E-state index in [1.807, 2.05) is 61.2 Å². The van der Waals surface area contributed by atoms with Crippen LogP contribution in [0, 0.1) is 6.92 Å². The molecule has 3 aromatic carbocycles. The number of urea groups is 2. The third-order valence-electron chi connectivity index (χ3n) is 6.22. The first-order valence-corrected chi connectivity index (χ1v) is 12.8. The van der Waals surface area contributed by atoms with Crippen molar-refractivity contribution in [2.75, 3.05) is 60.7 Å². The number of rotatable bonds is 7. The van der Waals surface area contributed by atoms with E-state index in [2.05, 4.69) is 20.9 Å². The Kier molecular flexibility index (Phi) is 8.81. The number of piperazine rings is 1. The number of halogens is 1. The molecule has 0 atom stereocenters. The molecule has 1 saturated heterocycles. The average Bonchev–Trinajstić information content (AvgIpc) is 2.92. The number of aryl methyl sites for hydroxylation is 1. The molecular formula is C28H32ClN5O4. The topological polar surface area (TPSA) is 95.2 Å². The Morgan fingerprint density at radius 1 is 0.895 bits per heavy atom. The van der Waals surface area contributed by atoms with Crippen molar-refractivity contribution < 1.29 is 19.1 Å². The molecule has 1 aliphatic heterocycles. The zero-order valence-corrected chi connectivity index (χ0v) is 22.5. The molecule has 1 heterocycles. The highest BCUT2D eigenvalue weighted by molar-refractivity contribution is 6.31. The summed E-state index contributed by atoms with van der Waals surface area (Å²) in [5, 5.41) is 9.11. The van der Waals surface area contributed by atoms with Gasteiger partial charge in [-0.15, -0.1) is 0 Å². The van der Waals surface area contributed by atoms with Gasteiger partial charge in [0.25, 0.3) is 0 Å². The molecule has 0 bridgehead atoms. The van der Waals surface area contributed by atoms with Crippen LogP contribution in [0.5, 0.6) is 11.5 Å². The second-order valence-corrected chi connectivity index (χ2v) is 9.22. The van der Waals surface area contributed by atoms with E-state index < -0.39 is 6.03 Å². The van der Waals surface area contributed by atoms with Gasteiger partial charge in [0.05, 0.1) is 19.4 Å². The lowest BCUT2D eigenvalue weighted by molar-refractivity contribution is 0.208. The molecule has 200 valence electrons. The molecule has 0 aliphatic carbocycles. The summed E-state index contributed by atoms with van der Waals surface area (Å²) in [7, 11) is 1.62. The summed E-state index contributed by atoms with van der Waals surface area (Å²) < 4.78 is 10.8. The number of hydrogen-bond acceptors (Lipinski definition) is 5. The third-order valence-corrected chi connectivity index (χ3v) is 6.46. The van der Waals surface area contributed by atoms with Gasteiger partial charge in [0, 0.05) is 48.3 Å². The van der Waals surface area contributed by atoms with Gasteiger partial charge in [-0.25, -0.2) is 9.59 Å². The van der Waals surface area contributed by atoms with E-state index in [1.54, 1.807) is 25.3 Å². The predicted octanol–water partition coefficient (Wildman–Crippen LogP) is 6.05. The summed E-state index contributed by atoms with van der Waals surface area (Å²) in [5.74, 6) is 1.31. The Morgan fingerprint density at radius 2 is 1.63 bits per heavy atom. The molecule has 1 fully saturated rings. The standard InChI is InChI=1S/C28H32ClN5O4/c1-4-38-26-12-5-20(29)18-25(26)31-27(35)30-21-6-8-22(9-7-21)33-13-15-34(16-14-33)28(36)32-24-11-10-23(37-3)17-19(24)2/h5-12,17-18H,4,13-16H2,1-3H3,(H,32,36)(H2,30,31,35). The van der Waals surface area contributed by atoms with Crippen molar-refractivity contribution in [1.82, 2.24) is 4.90 Å². The molecule has 0 unspecified atom stereocenters. The molecule has 3 N–H and O–H groups in total. The number of carbonyl (C=O) groups is 2. The summed E-state index contributed by atoms with van der Waals surface area (Å²) in [6, 6.07) is 17.8. The molecule has 9 nitrogen and oxygen atoms in total. The number of carbonyl (C=O) groups excluding carboxylic acids is 2. The highest BCUT2D eigenvalue weighted by Crippen LogP contribution is 2.28. The van der Waals surface area contributed by atoms with Crippen molar-refractivity contribution in [2.24, 2.45) is 0 Å². The number of anilines is 4. The molecular weight excluding hydrogens is 506 g/mol. The van der Waals surface area contributed by atoms with Gasteiger partial charge >= 0.3 is 12.1 Å². The van der Waals surface area contributed by atoms with E-state index in [0.717, 1.165) is 22.7 Å². The molecule has 0 aromatic heterocycles. The highest BCUT2D eigenvalue weighted by Gasteiger charge is 2.22. The minimum Gasteiger partial charge on any atom is -0.497 e. The van der Waals surface area contributed by atoms with E-state index in [1.165, 1.54) is 0 Å². The molecule has 38 heavy (non-hydrogen) atoms. The average molecular weight is 538 g/mol. The zero-order chi connectivity index (χ0) is 27.1. The maximum absolute atomic E-state index is 12.8. The highest BCUT2D eigenvalue weighted by atomic mass is 35.5. The second kappa shape index (κ2) is 12.4. The smallest absolute Gasteiger partial charge is 0.323 e. The van der Waals surface area contributed by atoms with Gasteiger partial charge in [-0.2, -0.15) is 0 Å². The maximum atomic E-state index is 12.8. The number of ether oxygens (including phenoxy) is 2. The predicted molar refractivity (Wildman–Crippen MR) is 152 cm³/mol. The molecule has 0 saturated carbocycles. The van der Waals surface area contributed by atoms with Gasteiger partial charge < -0.3 is 35.2 Å². The molecule has 4 rings (SSSR count). The SMILES string of the molecule is CCOc1ccc(Cl)cc1NC(=O)Nc1ccc(N2CCN(C(=O)Nc3ccc(OC)cc3C)CC2)cc1. The van der Waals surface area contributed by atoms with Gasteiger partial charge in [-0.3, -0.25) is 0 Å². The van der Waals surface area contributed by atoms with Crippen molar-refractivity contribution in [3.63, 3.8) is 0 Å². The fraction of sp³-hybridized carbons (Fsp3) is 0.286. The summed E-state index contributed by atoms with van der Waals surface area (Å²) in [4.78, 5) is 29.3. The molecule has 4 amide bonds. The Labute approximate surface area is 227 Å². The van der Waals surface area contributed by atoms with Crippen LogP contribution in [-0.2, 0) is 0 Å². The molecule has 3 aromatic rings. The van der Waals surface area contributed by atoms with Crippen LogP contribution in [0.25, 0.3) is 0 Å². The molecule has 1 aliphatic rings. The maximum Gasteiger partial charge on any atom is 0.323 e. The number of benzene rings is 3. The monoisotopic (exact) mass is 537 g/mol. The number of hydrogen-bond donors (Lipinski definition) is 3. The van der Waals surface area contributed by atoms with Crippen molar-refractivity contribution in [3.8, 4) is 11.5 Å². The molecule has 0 spiro atoms. The fourth-order valence-electron chi connectivity index (χ4n) is 4.19. The van der Waals surface area contributed by atoms with Gasteiger partial charge in [0.2, 0.25) is 0 Å². The van der Waals surface area contributed by atoms with Crippen LogP contribution in [0.2, 0.25) is 5.02 Å².